The third kappa shape index (κ3) is 2.53. The topological polar surface area (TPSA) is 70.9 Å². The van der Waals surface area contributed by atoms with Crippen molar-refractivity contribution < 1.29 is 4.79 Å². The fraction of sp³-hybridized carbons (Fsp3) is 0. The van der Waals surface area contributed by atoms with Crippen LogP contribution >= 0.6 is 15.9 Å². The van der Waals surface area contributed by atoms with Crippen molar-refractivity contribution in [2.45, 2.75) is 0 Å². The maximum absolute atomic E-state index is 12.2. The van der Waals surface area contributed by atoms with Crippen LogP contribution in [0.2, 0.25) is 0 Å². The summed E-state index contributed by atoms with van der Waals surface area (Å²) in [4.78, 5) is 15.3. The minimum atomic E-state index is -0.183. The van der Waals surface area contributed by atoms with E-state index in [1.165, 1.54) is 0 Å². The number of hydrogen-bond acceptors (Lipinski definition) is 2. The number of nitrogen functional groups attached to an aromatic ring is 1. The fourth-order valence-electron chi connectivity index (χ4n) is 2.04. The molecule has 3 aromatic rings. The van der Waals surface area contributed by atoms with Gasteiger partial charge in [-0.15, -0.1) is 0 Å². The Morgan fingerprint density at radius 3 is 2.80 bits per heavy atom. The Kier molecular flexibility index (Phi) is 3.20. The van der Waals surface area contributed by atoms with E-state index in [4.69, 9.17) is 5.73 Å². The number of benzene rings is 2. The summed E-state index contributed by atoms with van der Waals surface area (Å²) >= 11 is 3.37. The maximum Gasteiger partial charge on any atom is 0.272 e. The number of carbonyl (C=O) groups is 1. The number of carbonyl (C=O) groups excluding carboxylic acids is 1. The summed E-state index contributed by atoms with van der Waals surface area (Å²) in [5.74, 6) is -0.183. The summed E-state index contributed by atoms with van der Waals surface area (Å²) in [5, 5.41) is 3.76. The molecule has 1 amide bonds. The van der Waals surface area contributed by atoms with Gasteiger partial charge in [0.15, 0.2) is 0 Å². The van der Waals surface area contributed by atoms with Crippen molar-refractivity contribution in [2.75, 3.05) is 11.1 Å². The quantitative estimate of drug-likeness (QED) is 0.626. The van der Waals surface area contributed by atoms with Crippen LogP contribution in [0.25, 0.3) is 10.9 Å². The van der Waals surface area contributed by atoms with Crippen molar-refractivity contribution in [1.29, 1.82) is 0 Å². The van der Waals surface area contributed by atoms with Crippen molar-refractivity contribution in [3.8, 4) is 0 Å². The molecule has 100 valence electrons. The molecule has 0 atom stereocenters. The average molecular weight is 330 g/mol. The van der Waals surface area contributed by atoms with Crippen LogP contribution in [0.5, 0.6) is 0 Å². The van der Waals surface area contributed by atoms with E-state index in [0.717, 1.165) is 21.1 Å². The lowest BCUT2D eigenvalue weighted by atomic mass is 10.2. The highest BCUT2D eigenvalue weighted by molar-refractivity contribution is 9.10. The second-order valence-corrected chi connectivity index (χ2v) is 5.41. The van der Waals surface area contributed by atoms with Gasteiger partial charge in [-0.2, -0.15) is 0 Å². The van der Waals surface area contributed by atoms with Gasteiger partial charge in [0.2, 0.25) is 0 Å². The number of hydrogen-bond donors (Lipinski definition) is 3. The number of nitrogens with one attached hydrogen (secondary N) is 2. The third-order valence-corrected chi connectivity index (χ3v) is 3.47. The van der Waals surface area contributed by atoms with Gasteiger partial charge in [0.25, 0.3) is 5.91 Å². The van der Waals surface area contributed by atoms with Gasteiger partial charge in [-0.25, -0.2) is 0 Å². The average Bonchev–Trinajstić information content (AvgIpc) is 2.81. The Balaban J connectivity index is 1.88. The largest absolute Gasteiger partial charge is 0.399 e. The van der Waals surface area contributed by atoms with Crippen molar-refractivity contribution in [3.05, 3.63) is 58.7 Å². The van der Waals surface area contributed by atoms with E-state index in [9.17, 15) is 4.79 Å². The Morgan fingerprint density at radius 2 is 2.00 bits per heavy atom. The third-order valence-electron chi connectivity index (χ3n) is 2.97. The van der Waals surface area contributed by atoms with E-state index < -0.39 is 0 Å². The summed E-state index contributed by atoms with van der Waals surface area (Å²) in [6, 6.07) is 14.7. The molecule has 0 fully saturated rings. The number of amides is 1. The van der Waals surface area contributed by atoms with Crippen LogP contribution in [-0.2, 0) is 0 Å². The van der Waals surface area contributed by atoms with Crippen LogP contribution in [0.15, 0.2) is 53.0 Å². The van der Waals surface area contributed by atoms with Crippen molar-refractivity contribution in [2.24, 2.45) is 0 Å². The summed E-state index contributed by atoms with van der Waals surface area (Å²) in [6.45, 7) is 0. The molecule has 1 aromatic heterocycles. The zero-order valence-electron chi connectivity index (χ0n) is 10.5. The lowest BCUT2D eigenvalue weighted by molar-refractivity contribution is 0.102. The fourth-order valence-corrected chi connectivity index (χ4v) is 2.44. The number of halogens is 1. The molecule has 5 heteroatoms. The molecule has 0 unspecified atom stereocenters. The van der Waals surface area contributed by atoms with Gasteiger partial charge < -0.3 is 16.0 Å². The summed E-state index contributed by atoms with van der Waals surface area (Å²) in [5.41, 5.74) is 8.54. The van der Waals surface area contributed by atoms with E-state index in [0.29, 0.717) is 11.4 Å². The van der Waals surface area contributed by atoms with Crippen molar-refractivity contribution in [3.63, 3.8) is 0 Å². The molecule has 3 rings (SSSR count). The van der Waals surface area contributed by atoms with Crippen LogP contribution < -0.4 is 11.1 Å². The minimum Gasteiger partial charge on any atom is -0.399 e. The molecular weight excluding hydrogens is 318 g/mol. The summed E-state index contributed by atoms with van der Waals surface area (Å²) in [7, 11) is 0. The highest BCUT2D eigenvalue weighted by Crippen LogP contribution is 2.20. The van der Waals surface area contributed by atoms with Crippen LogP contribution in [0.3, 0.4) is 0 Å². The van der Waals surface area contributed by atoms with Crippen LogP contribution in [0, 0.1) is 0 Å². The summed E-state index contributed by atoms with van der Waals surface area (Å²) < 4.78 is 0.916. The van der Waals surface area contributed by atoms with Gasteiger partial charge in [-0.05, 0) is 42.5 Å². The summed E-state index contributed by atoms with van der Waals surface area (Å²) in [6.07, 6.45) is 0. The maximum atomic E-state index is 12.2. The number of anilines is 2. The number of nitrogens with two attached hydrogens (primary N) is 1. The number of aromatic amines is 1. The number of aromatic nitrogens is 1. The molecule has 0 saturated heterocycles. The Bertz CT molecular complexity index is 795. The van der Waals surface area contributed by atoms with Gasteiger partial charge >= 0.3 is 0 Å². The van der Waals surface area contributed by atoms with Crippen molar-refractivity contribution in [1.82, 2.24) is 4.98 Å². The first-order valence-electron chi connectivity index (χ1n) is 6.07. The Hall–Kier alpha value is -2.27. The first-order chi connectivity index (χ1) is 9.61. The zero-order valence-corrected chi connectivity index (χ0v) is 12.1. The van der Waals surface area contributed by atoms with E-state index in [2.05, 4.69) is 26.2 Å². The second-order valence-electron chi connectivity index (χ2n) is 4.49. The van der Waals surface area contributed by atoms with Crippen LogP contribution in [-0.4, -0.2) is 10.9 Å². The highest BCUT2D eigenvalue weighted by atomic mass is 79.9. The molecular formula is C15H12BrN3O. The molecule has 0 aliphatic heterocycles. The molecule has 0 saturated carbocycles. The first-order valence-corrected chi connectivity index (χ1v) is 6.86. The molecule has 0 spiro atoms. The van der Waals surface area contributed by atoms with Gasteiger partial charge in [0.05, 0.1) is 0 Å². The lowest BCUT2D eigenvalue weighted by Gasteiger charge is -2.03. The van der Waals surface area contributed by atoms with E-state index in [-0.39, 0.29) is 5.91 Å². The molecule has 20 heavy (non-hydrogen) atoms. The molecule has 0 radical (unpaired) electrons. The van der Waals surface area contributed by atoms with Crippen molar-refractivity contribution >= 4 is 44.1 Å². The zero-order chi connectivity index (χ0) is 14.1. The number of fused-ring (bicyclic) bond motifs is 1. The minimum absolute atomic E-state index is 0.183. The number of H-pyrrole nitrogens is 1. The monoisotopic (exact) mass is 329 g/mol. The Labute approximate surface area is 124 Å². The molecule has 1 heterocycles. The van der Waals surface area contributed by atoms with E-state index in [1.54, 1.807) is 12.1 Å². The normalized spacial score (nSPS) is 10.7. The molecule has 4 nitrogen and oxygen atoms in total. The van der Waals surface area contributed by atoms with Gasteiger partial charge in [-0.1, -0.05) is 22.0 Å². The first kappa shape index (κ1) is 12.7. The molecule has 4 N–H and O–H groups in total. The van der Waals surface area contributed by atoms with Gasteiger partial charge in [0.1, 0.15) is 5.69 Å². The standard InChI is InChI=1S/C15H12BrN3O/c16-10-2-1-3-12(8-10)18-15(20)14-7-9-6-11(17)4-5-13(9)19-14/h1-8,19H,17H2,(H,18,20). The molecule has 2 aromatic carbocycles. The highest BCUT2D eigenvalue weighted by Gasteiger charge is 2.10. The lowest BCUT2D eigenvalue weighted by Crippen LogP contribution is -2.12. The Morgan fingerprint density at radius 1 is 1.15 bits per heavy atom. The predicted molar refractivity (Wildman–Crippen MR) is 84.8 cm³/mol. The van der Waals surface area contributed by atoms with Gasteiger partial charge in [-0.3, -0.25) is 4.79 Å². The van der Waals surface area contributed by atoms with Crippen LogP contribution in [0.4, 0.5) is 11.4 Å². The van der Waals surface area contributed by atoms with E-state index in [1.807, 2.05) is 36.4 Å². The van der Waals surface area contributed by atoms with Gasteiger partial charge in [0, 0.05) is 26.8 Å². The molecule has 0 bridgehead atoms. The van der Waals surface area contributed by atoms with Crippen LogP contribution in [0.1, 0.15) is 10.5 Å². The van der Waals surface area contributed by atoms with E-state index >= 15 is 0 Å². The predicted octanol–water partition coefficient (Wildman–Crippen LogP) is 3.76. The SMILES string of the molecule is Nc1ccc2[nH]c(C(=O)Nc3cccc(Br)c3)cc2c1. The number of rotatable bonds is 2. The smallest absolute Gasteiger partial charge is 0.272 e. The second kappa shape index (κ2) is 5.02. The molecule has 0 aliphatic rings. The molecule has 0 aliphatic carbocycles.